The van der Waals surface area contributed by atoms with Gasteiger partial charge in [-0.15, -0.1) is 24.8 Å². The molecule has 13 heteroatoms. The normalized spacial score (nSPS) is 23.7. The number of rotatable bonds is 7. The molecule has 2 aromatic rings. The summed E-state index contributed by atoms with van der Waals surface area (Å²) in [5, 5.41) is 8.63. The van der Waals surface area contributed by atoms with Gasteiger partial charge in [0.25, 0.3) is 0 Å². The summed E-state index contributed by atoms with van der Waals surface area (Å²) in [5.74, 6) is 0.227. The topological polar surface area (TPSA) is 92.4 Å². The van der Waals surface area contributed by atoms with E-state index in [1.165, 1.54) is 30.5 Å². The number of ether oxygens (including phenoxy) is 3. The standard InChI is InChI=1S/C18H27ClN2O.C13H18ClNO.C10H17NO3.2ClH/c1-22-18-8-11-21(16-6-9-20-10-7-16)17(13-18)12-14-2-4-15(19)5-3-14;1-16-13-6-7-15-12(9-13)8-10-2-4-11(14)5-3-10;1-10(2,3)14-9(13)11-6-4-8(12)5-7-11;;/h2-5,16-18,20H,6-13H2,1H3;2-5,12-13,15H,6-9H2,1H3;4-7H2,1-3H3;2*1H/t17-,18-;12?,13-;;;/m00.../s1. The minimum atomic E-state index is -0.460. The smallest absolute Gasteiger partial charge is 0.410 e. The number of amides is 1. The van der Waals surface area contributed by atoms with Crippen molar-refractivity contribution in [1.82, 2.24) is 20.4 Å². The lowest BCUT2D eigenvalue weighted by Gasteiger charge is -2.45. The van der Waals surface area contributed by atoms with Crippen LogP contribution in [0.5, 0.6) is 0 Å². The molecule has 4 saturated heterocycles. The van der Waals surface area contributed by atoms with E-state index in [1.54, 1.807) is 12.0 Å². The van der Waals surface area contributed by atoms with Crippen LogP contribution in [0.2, 0.25) is 10.0 Å². The summed E-state index contributed by atoms with van der Waals surface area (Å²) in [7, 11) is 3.65. The summed E-state index contributed by atoms with van der Waals surface area (Å²) >= 11 is 11.9. The number of hydrogen-bond donors (Lipinski definition) is 2. The summed E-state index contributed by atoms with van der Waals surface area (Å²) in [5.41, 5.74) is 2.25. The molecule has 306 valence electrons. The molecule has 1 amide bonds. The monoisotopic (exact) mass is 832 g/mol. The molecule has 4 aliphatic rings. The number of piperidine rings is 4. The van der Waals surface area contributed by atoms with Crippen LogP contribution >= 0.6 is 48.0 Å². The molecular weight excluding hydrogens is 770 g/mol. The highest BCUT2D eigenvalue weighted by molar-refractivity contribution is 6.30. The van der Waals surface area contributed by atoms with Gasteiger partial charge in [-0.1, -0.05) is 47.5 Å². The van der Waals surface area contributed by atoms with Crippen molar-refractivity contribution < 1.29 is 23.8 Å². The molecule has 4 aliphatic heterocycles. The SMILES string of the molecule is CC(C)(C)OC(=O)N1CCC(=O)CC1.CO[C@H]1CCN(C2CCNCC2)[C@@H](Cc2ccc(Cl)cc2)C1.CO[C@H]1CCNC(Cc2ccc(Cl)cc2)C1.Cl.Cl. The maximum atomic E-state index is 11.5. The van der Waals surface area contributed by atoms with Crippen LogP contribution in [-0.4, -0.2) is 111 Å². The summed E-state index contributed by atoms with van der Waals surface area (Å²) in [6, 6.07) is 18.3. The lowest BCUT2D eigenvalue weighted by atomic mass is 9.90. The van der Waals surface area contributed by atoms with Crippen molar-refractivity contribution in [3.05, 3.63) is 69.7 Å². The van der Waals surface area contributed by atoms with Gasteiger partial charge in [-0.05, 0) is 127 Å². The maximum Gasteiger partial charge on any atom is 0.410 e. The second kappa shape index (κ2) is 24.9. The van der Waals surface area contributed by atoms with Crippen molar-refractivity contribution in [2.24, 2.45) is 0 Å². The highest BCUT2D eigenvalue weighted by Gasteiger charge is 2.33. The van der Waals surface area contributed by atoms with Crippen molar-refractivity contribution >= 4 is 59.9 Å². The number of hydrogen-bond acceptors (Lipinski definition) is 8. The van der Waals surface area contributed by atoms with Crippen molar-refractivity contribution in [1.29, 1.82) is 0 Å². The molecule has 0 aliphatic carbocycles. The summed E-state index contributed by atoms with van der Waals surface area (Å²) in [6.45, 7) is 11.0. The van der Waals surface area contributed by atoms with Crippen molar-refractivity contribution in [3.63, 3.8) is 0 Å². The average molecular weight is 835 g/mol. The average Bonchev–Trinajstić information content (AvgIpc) is 3.14. The van der Waals surface area contributed by atoms with Gasteiger partial charge in [0.1, 0.15) is 11.4 Å². The third-order valence-electron chi connectivity index (χ3n) is 10.4. The Hall–Kier alpha value is -1.66. The Morgan fingerprint density at radius 1 is 0.759 bits per heavy atom. The number of methoxy groups -OCH3 is 2. The Balaban J connectivity index is 0.000000284. The highest BCUT2D eigenvalue weighted by atomic mass is 35.5. The molecule has 0 saturated carbocycles. The zero-order valence-corrected chi connectivity index (χ0v) is 36.0. The van der Waals surface area contributed by atoms with Gasteiger partial charge < -0.3 is 29.7 Å². The zero-order valence-electron chi connectivity index (χ0n) is 32.8. The summed E-state index contributed by atoms with van der Waals surface area (Å²) in [4.78, 5) is 26.8. The van der Waals surface area contributed by atoms with Gasteiger partial charge in [0, 0.05) is 74.9 Å². The van der Waals surface area contributed by atoms with E-state index < -0.39 is 5.60 Å². The van der Waals surface area contributed by atoms with Crippen molar-refractivity contribution in [3.8, 4) is 0 Å². The number of likely N-dealkylation sites (tertiary alicyclic amines) is 2. The Bertz CT molecular complexity index is 1350. The number of halogens is 4. The first-order valence-electron chi connectivity index (χ1n) is 19.2. The van der Waals surface area contributed by atoms with Gasteiger partial charge >= 0.3 is 6.09 Å². The third kappa shape index (κ3) is 17.2. The van der Waals surface area contributed by atoms with Gasteiger partial charge in [-0.3, -0.25) is 9.69 Å². The molecule has 0 spiro atoms. The molecule has 6 rings (SSSR count). The Kier molecular flexibility index (Phi) is 22.3. The van der Waals surface area contributed by atoms with Crippen LogP contribution in [0.4, 0.5) is 4.79 Å². The third-order valence-corrected chi connectivity index (χ3v) is 10.9. The Morgan fingerprint density at radius 2 is 1.30 bits per heavy atom. The van der Waals surface area contributed by atoms with E-state index in [0.29, 0.717) is 50.2 Å². The molecular formula is C41H64Cl4N4O5. The lowest BCUT2D eigenvalue weighted by molar-refractivity contribution is -0.121. The molecule has 2 N–H and O–H groups in total. The number of carbonyl (C=O) groups excluding carboxylic acids is 2. The Morgan fingerprint density at radius 3 is 1.83 bits per heavy atom. The number of nitrogens with zero attached hydrogens (tertiary/aromatic N) is 2. The van der Waals surface area contributed by atoms with Crippen molar-refractivity contribution in [2.45, 2.75) is 121 Å². The van der Waals surface area contributed by atoms with Gasteiger partial charge in [0.15, 0.2) is 0 Å². The van der Waals surface area contributed by atoms with Crippen LogP contribution in [-0.2, 0) is 31.8 Å². The molecule has 1 unspecified atom stereocenters. The summed E-state index contributed by atoms with van der Waals surface area (Å²) < 4.78 is 16.3. The number of nitrogens with one attached hydrogen (secondary N) is 2. The van der Waals surface area contributed by atoms with E-state index in [-0.39, 0.29) is 36.7 Å². The fourth-order valence-electron chi connectivity index (χ4n) is 7.47. The van der Waals surface area contributed by atoms with Crippen LogP contribution in [0, 0.1) is 0 Å². The molecule has 54 heavy (non-hydrogen) atoms. The fraction of sp³-hybridized carbons (Fsp3) is 0.659. The van der Waals surface area contributed by atoms with E-state index in [1.807, 2.05) is 52.1 Å². The molecule has 0 radical (unpaired) electrons. The maximum absolute atomic E-state index is 11.5. The van der Waals surface area contributed by atoms with E-state index >= 15 is 0 Å². The van der Waals surface area contributed by atoms with Crippen LogP contribution in [0.3, 0.4) is 0 Å². The van der Waals surface area contributed by atoms with E-state index in [2.05, 4.69) is 39.8 Å². The minimum absolute atomic E-state index is 0. The van der Waals surface area contributed by atoms with E-state index in [0.717, 1.165) is 74.2 Å². The molecule has 9 nitrogen and oxygen atoms in total. The second-order valence-electron chi connectivity index (χ2n) is 15.5. The van der Waals surface area contributed by atoms with Crippen LogP contribution in [0.15, 0.2) is 48.5 Å². The van der Waals surface area contributed by atoms with Crippen LogP contribution < -0.4 is 10.6 Å². The highest BCUT2D eigenvalue weighted by Crippen LogP contribution is 2.28. The Labute approximate surface area is 346 Å². The largest absolute Gasteiger partial charge is 0.444 e. The molecule has 4 fully saturated rings. The minimum Gasteiger partial charge on any atom is -0.444 e. The fourth-order valence-corrected chi connectivity index (χ4v) is 7.72. The molecule has 0 aromatic heterocycles. The van der Waals surface area contributed by atoms with Crippen molar-refractivity contribution in [2.75, 3.05) is 53.5 Å². The van der Waals surface area contributed by atoms with E-state index in [4.69, 9.17) is 37.4 Å². The number of Topliss-reactive ketones (excluding diaryl/α,β-unsaturated/α-hetero) is 1. The molecule has 0 bridgehead atoms. The predicted octanol–water partition coefficient (Wildman–Crippen LogP) is 8.19. The molecule has 4 heterocycles. The quantitative estimate of drug-likeness (QED) is 0.289. The van der Waals surface area contributed by atoms with Gasteiger partial charge in [0.05, 0.1) is 12.2 Å². The van der Waals surface area contributed by atoms with Crippen LogP contribution in [0.25, 0.3) is 0 Å². The van der Waals surface area contributed by atoms with E-state index in [9.17, 15) is 9.59 Å². The number of ketones is 1. The molecule has 4 atom stereocenters. The first kappa shape index (κ1) is 48.5. The van der Waals surface area contributed by atoms with Gasteiger partial charge in [-0.2, -0.15) is 0 Å². The number of benzene rings is 2. The first-order chi connectivity index (χ1) is 24.9. The van der Waals surface area contributed by atoms with Crippen LogP contribution in [0.1, 0.15) is 83.3 Å². The zero-order chi connectivity index (χ0) is 37.5. The lowest BCUT2D eigenvalue weighted by Crippen LogP contribution is -2.53. The first-order valence-corrected chi connectivity index (χ1v) is 19.9. The summed E-state index contributed by atoms with van der Waals surface area (Å²) in [6.07, 6.45) is 10.6. The van der Waals surface area contributed by atoms with Gasteiger partial charge in [-0.25, -0.2) is 4.79 Å². The van der Waals surface area contributed by atoms with Gasteiger partial charge in [0.2, 0.25) is 0 Å². The second-order valence-corrected chi connectivity index (χ2v) is 16.3. The number of carbonyl (C=O) groups is 2. The predicted molar refractivity (Wildman–Crippen MR) is 225 cm³/mol. The molecule has 2 aromatic carbocycles.